The first-order chi connectivity index (χ1) is 10.9. The minimum Gasteiger partial charge on any atom is -0.497 e. The van der Waals surface area contributed by atoms with Crippen molar-refractivity contribution in [2.45, 2.75) is 39.2 Å². The average molecular weight is 446 g/mol. The second kappa shape index (κ2) is 9.46. The number of piperidine rings is 1. The van der Waals surface area contributed by atoms with E-state index in [2.05, 4.69) is 36.0 Å². The Morgan fingerprint density at radius 1 is 1.38 bits per heavy atom. The second-order valence-electron chi connectivity index (χ2n) is 7.06. The van der Waals surface area contributed by atoms with E-state index >= 15 is 0 Å². The quantitative estimate of drug-likeness (QED) is 0.413. The van der Waals surface area contributed by atoms with Gasteiger partial charge in [0.25, 0.3) is 0 Å². The van der Waals surface area contributed by atoms with E-state index in [0.29, 0.717) is 12.5 Å². The van der Waals surface area contributed by atoms with Gasteiger partial charge in [-0.15, -0.1) is 24.0 Å². The highest BCUT2D eigenvalue weighted by atomic mass is 127. The van der Waals surface area contributed by atoms with Gasteiger partial charge in [0.15, 0.2) is 5.96 Å². The Morgan fingerprint density at radius 2 is 2.04 bits per heavy atom. The number of likely N-dealkylation sites (tertiary alicyclic amines) is 1. The van der Waals surface area contributed by atoms with E-state index in [0.717, 1.165) is 30.4 Å². The molecule has 0 amide bonds. The van der Waals surface area contributed by atoms with Gasteiger partial charge < -0.3 is 15.8 Å². The van der Waals surface area contributed by atoms with E-state index in [1.165, 1.54) is 12.8 Å². The summed E-state index contributed by atoms with van der Waals surface area (Å²) >= 11 is 0. The summed E-state index contributed by atoms with van der Waals surface area (Å²) in [6.07, 6.45) is 2.60. The lowest BCUT2D eigenvalue weighted by Crippen LogP contribution is -2.51. The summed E-state index contributed by atoms with van der Waals surface area (Å²) in [5.41, 5.74) is 6.97. The van der Waals surface area contributed by atoms with E-state index in [1.807, 2.05) is 24.3 Å². The van der Waals surface area contributed by atoms with E-state index < -0.39 is 0 Å². The first-order valence-corrected chi connectivity index (χ1v) is 8.37. The zero-order valence-corrected chi connectivity index (χ0v) is 17.5. The third kappa shape index (κ3) is 6.12. The van der Waals surface area contributed by atoms with Crippen molar-refractivity contribution in [2.75, 3.05) is 32.1 Å². The van der Waals surface area contributed by atoms with Crippen molar-refractivity contribution in [2.24, 2.45) is 16.6 Å². The summed E-state index contributed by atoms with van der Waals surface area (Å²) in [6.45, 7) is 9.80. The van der Waals surface area contributed by atoms with Gasteiger partial charge >= 0.3 is 0 Å². The van der Waals surface area contributed by atoms with Crippen LogP contribution in [0.2, 0.25) is 0 Å². The van der Waals surface area contributed by atoms with Crippen molar-refractivity contribution in [3.05, 3.63) is 24.3 Å². The number of rotatable bonds is 5. The monoisotopic (exact) mass is 446 g/mol. The van der Waals surface area contributed by atoms with Gasteiger partial charge in [-0.3, -0.25) is 9.89 Å². The van der Waals surface area contributed by atoms with Gasteiger partial charge in [0.05, 0.1) is 13.7 Å². The van der Waals surface area contributed by atoms with Crippen molar-refractivity contribution in [1.29, 1.82) is 0 Å². The fourth-order valence-electron chi connectivity index (χ4n) is 2.98. The van der Waals surface area contributed by atoms with Gasteiger partial charge in [0.2, 0.25) is 0 Å². The molecule has 1 fully saturated rings. The molecule has 1 saturated heterocycles. The van der Waals surface area contributed by atoms with Gasteiger partial charge in [0, 0.05) is 17.8 Å². The molecule has 0 aliphatic carbocycles. The minimum absolute atomic E-state index is 0. The van der Waals surface area contributed by atoms with Crippen LogP contribution in [0.15, 0.2) is 29.3 Å². The standard InChI is InChI=1S/C18H30N4O.HI/c1-14-6-5-11-22(12-14)18(2,3)13-20-17(19)21-15-7-9-16(23-4)10-8-15;/h7-10,14H,5-6,11-13H2,1-4H3,(H3,19,20,21);1H. The number of nitrogens with one attached hydrogen (secondary N) is 1. The Kier molecular flexibility index (Phi) is 8.29. The lowest BCUT2D eigenvalue weighted by Gasteiger charge is -2.42. The predicted octanol–water partition coefficient (Wildman–Crippen LogP) is 3.55. The van der Waals surface area contributed by atoms with Crippen LogP contribution in [-0.2, 0) is 0 Å². The maximum absolute atomic E-state index is 6.03. The molecule has 5 nitrogen and oxygen atoms in total. The summed E-state index contributed by atoms with van der Waals surface area (Å²) in [5, 5.41) is 3.13. The molecule has 3 N–H and O–H groups in total. The first kappa shape index (κ1) is 21.0. The Hall–Kier alpha value is -1.02. The number of hydrogen-bond donors (Lipinski definition) is 2. The molecule has 1 aliphatic rings. The van der Waals surface area contributed by atoms with Crippen LogP contribution in [0, 0.1) is 5.92 Å². The molecule has 1 atom stereocenters. The normalized spacial score (nSPS) is 19.5. The highest BCUT2D eigenvalue weighted by molar-refractivity contribution is 14.0. The number of anilines is 1. The summed E-state index contributed by atoms with van der Waals surface area (Å²) in [7, 11) is 1.65. The molecule has 24 heavy (non-hydrogen) atoms. The topological polar surface area (TPSA) is 62.9 Å². The maximum Gasteiger partial charge on any atom is 0.193 e. The minimum atomic E-state index is 0. The van der Waals surface area contributed by atoms with Gasteiger partial charge in [0.1, 0.15) is 5.75 Å². The van der Waals surface area contributed by atoms with E-state index in [1.54, 1.807) is 7.11 Å². The average Bonchev–Trinajstić information content (AvgIpc) is 2.54. The number of guanidine groups is 1. The largest absolute Gasteiger partial charge is 0.497 e. The highest BCUT2D eigenvalue weighted by Gasteiger charge is 2.29. The number of methoxy groups -OCH3 is 1. The van der Waals surface area contributed by atoms with Crippen molar-refractivity contribution in [3.63, 3.8) is 0 Å². The van der Waals surface area contributed by atoms with E-state index in [9.17, 15) is 0 Å². The molecule has 6 heteroatoms. The third-order valence-electron chi connectivity index (χ3n) is 4.51. The smallest absolute Gasteiger partial charge is 0.193 e. The van der Waals surface area contributed by atoms with Crippen LogP contribution in [0.5, 0.6) is 5.75 Å². The van der Waals surface area contributed by atoms with Crippen LogP contribution in [0.25, 0.3) is 0 Å². The van der Waals surface area contributed by atoms with Crippen molar-refractivity contribution in [1.82, 2.24) is 4.90 Å². The number of ether oxygens (including phenoxy) is 1. The second-order valence-corrected chi connectivity index (χ2v) is 7.06. The van der Waals surface area contributed by atoms with Gasteiger partial charge in [-0.1, -0.05) is 6.92 Å². The van der Waals surface area contributed by atoms with Gasteiger partial charge in [-0.2, -0.15) is 0 Å². The molecule has 1 aromatic rings. The van der Waals surface area contributed by atoms with Crippen LogP contribution in [0.4, 0.5) is 5.69 Å². The molecular formula is C18H31IN4O. The molecule has 0 saturated carbocycles. The summed E-state index contributed by atoms with van der Waals surface area (Å²) in [6, 6.07) is 7.65. The Balaban J connectivity index is 0.00000288. The Bertz CT molecular complexity index is 530. The number of nitrogens with two attached hydrogens (primary N) is 1. The molecule has 0 spiro atoms. The zero-order chi connectivity index (χ0) is 16.9. The molecule has 0 radical (unpaired) electrons. The predicted molar refractivity (Wildman–Crippen MR) is 113 cm³/mol. The van der Waals surface area contributed by atoms with E-state index in [-0.39, 0.29) is 29.5 Å². The molecular weight excluding hydrogens is 415 g/mol. The van der Waals surface area contributed by atoms with Gasteiger partial charge in [-0.25, -0.2) is 0 Å². The fourth-order valence-corrected chi connectivity index (χ4v) is 2.98. The number of hydrogen-bond acceptors (Lipinski definition) is 3. The Morgan fingerprint density at radius 3 is 2.62 bits per heavy atom. The number of benzene rings is 1. The molecule has 1 aliphatic heterocycles. The van der Waals surface area contributed by atoms with Crippen molar-refractivity contribution >= 4 is 35.6 Å². The van der Waals surface area contributed by atoms with Crippen molar-refractivity contribution < 1.29 is 4.74 Å². The third-order valence-corrected chi connectivity index (χ3v) is 4.51. The van der Waals surface area contributed by atoms with Crippen LogP contribution in [0.3, 0.4) is 0 Å². The number of nitrogens with zero attached hydrogens (tertiary/aromatic N) is 2. The van der Waals surface area contributed by atoms with Crippen molar-refractivity contribution in [3.8, 4) is 5.75 Å². The summed E-state index contributed by atoms with van der Waals surface area (Å²) in [5.74, 6) is 2.04. The Labute approximate surface area is 163 Å². The molecule has 1 aromatic carbocycles. The molecule has 2 rings (SSSR count). The molecule has 1 heterocycles. The molecule has 0 aromatic heterocycles. The maximum atomic E-state index is 6.03. The summed E-state index contributed by atoms with van der Waals surface area (Å²) < 4.78 is 5.15. The van der Waals surface area contributed by atoms with Crippen LogP contribution in [0.1, 0.15) is 33.6 Å². The van der Waals surface area contributed by atoms with E-state index in [4.69, 9.17) is 10.5 Å². The van der Waals surface area contributed by atoms with Crippen LogP contribution in [-0.4, -0.2) is 43.1 Å². The molecule has 0 bridgehead atoms. The molecule has 1 unspecified atom stereocenters. The molecule has 136 valence electrons. The highest BCUT2D eigenvalue weighted by Crippen LogP contribution is 2.24. The van der Waals surface area contributed by atoms with Crippen LogP contribution >= 0.6 is 24.0 Å². The number of halogens is 1. The SMILES string of the molecule is COc1ccc(NC(N)=NCC(C)(C)N2CCCC(C)C2)cc1.I. The van der Waals surface area contributed by atoms with Gasteiger partial charge in [-0.05, 0) is 63.4 Å². The lowest BCUT2D eigenvalue weighted by atomic mass is 9.94. The summed E-state index contributed by atoms with van der Waals surface area (Å²) in [4.78, 5) is 7.08. The number of aliphatic imine (C=N–C) groups is 1. The first-order valence-electron chi connectivity index (χ1n) is 8.37. The zero-order valence-electron chi connectivity index (χ0n) is 15.2. The van der Waals surface area contributed by atoms with Crippen LogP contribution < -0.4 is 15.8 Å². The fraction of sp³-hybridized carbons (Fsp3) is 0.611. The lowest BCUT2D eigenvalue weighted by molar-refractivity contribution is 0.0775.